The third-order valence-electron chi connectivity index (χ3n) is 6.98. The molecule has 2 aliphatic rings. The van der Waals surface area contributed by atoms with E-state index in [1.807, 2.05) is 17.2 Å². The summed E-state index contributed by atoms with van der Waals surface area (Å²) in [6, 6.07) is 17.0. The van der Waals surface area contributed by atoms with Crippen LogP contribution >= 0.6 is 0 Å². The molecule has 0 saturated carbocycles. The maximum Gasteiger partial charge on any atom is 0.274 e. The Bertz CT molecular complexity index is 1370. The van der Waals surface area contributed by atoms with Crippen molar-refractivity contribution >= 4 is 16.8 Å². The summed E-state index contributed by atoms with van der Waals surface area (Å²) in [7, 11) is 0. The molecule has 2 aromatic heterocycles. The molecule has 2 aromatic carbocycles. The van der Waals surface area contributed by atoms with E-state index in [0.29, 0.717) is 24.5 Å². The fourth-order valence-electron chi connectivity index (χ4n) is 5.23. The molecule has 172 valence electrons. The van der Waals surface area contributed by atoms with Crippen molar-refractivity contribution in [2.24, 2.45) is 0 Å². The number of fused-ring (bicyclic) bond motifs is 2. The highest BCUT2D eigenvalue weighted by Crippen LogP contribution is 2.29. The molecular formula is C27H26FN5O. The van der Waals surface area contributed by atoms with E-state index in [9.17, 15) is 9.18 Å². The molecule has 3 heterocycles. The topological polar surface area (TPSA) is 54.3 Å². The lowest BCUT2D eigenvalue weighted by atomic mass is 10.1. The SMILES string of the molecule is O=C(c1nn(-c2ccccc2F)c2c1CCC2)N1CCN(Cc2cccc3cccnc23)CC1. The maximum atomic E-state index is 14.5. The van der Waals surface area contributed by atoms with Gasteiger partial charge in [0, 0.05) is 55.6 Å². The summed E-state index contributed by atoms with van der Waals surface area (Å²) in [6.07, 6.45) is 4.44. The van der Waals surface area contributed by atoms with Crippen LogP contribution < -0.4 is 0 Å². The third-order valence-corrected chi connectivity index (χ3v) is 6.98. The van der Waals surface area contributed by atoms with Gasteiger partial charge in [-0.25, -0.2) is 9.07 Å². The minimum atomic E-state index is -0.324. The molecule has 0 N–H and O–H groups in total. The molecular weight excluding hydrogens is 429 g/mol. The summed E-state index contributed by atoms with van der Waals surface area (Å²) in [5, 5.41) is 5.77. The van der Waals surface area contributed by atoms with Gasteiger partial charge in [0.05, 0.1) is 5.52 Å². The van der Waals surface area contributed by atoms with Crippen molar-refractivity contribution in [1.29, 1.82) is 0 Å². The van der Waals surface area contributed by atoms with E-state index in [-0.39, 0.29) is 11.7 Å². The number of para-hydroxylation sites is 2. The van der Waals surface area contributed by atoms with Gasteiger partial charge in [-0.05, 0) is 43.0 Å². The number of pyridine rings is 1. The van der Waals surface area contributed by atoms with Crippen LogP contribution in [0.3, 0.4) is 0 Å². The van der Waals surface area contributed by atoms with Gasteiger partial charge >= 0.3 is 0 Å². The quantitative estimate of drug-likeness (QED) is 0.467. The summed E-state index contributed by atoms with van der Waals surface area (Å²) in [5.74, 6) is -0.366. The second-order valence-corrected chi connectivity index (χ2v) is 9.05. The molecule has 1 fully saturated rings. The Hall–Kier alpha value is -3.58. The van der Waals surface area contributed by atoms with Crippen LogP contribution in [0.1, 0.15) is 33.7 Å². The van der Waals surface area contributed by atoms with Crippen LogP contribution in [-0.4, -0.2) is 56.7 Å². The highest BCUT2D eigenvalue weighted by atomic mass is 19.1. The van der Waals surface area contributed by atoms with Gasteiger partial charge in [-0.2, -0.15) is 5.10 Å². The van der Waals surface area contributed by atoms with E-state index in [0.717, 1.165) is 61.1 Å². The van der Waals surface area contributed by atoms with E-state index >= 15 is 0 Å². The van der Waals surface area contributed by atoms with Gasteiger partial charge in [0.15, 0.2) is 5.69 Å². The molecule has 1 aliphatic carbocycles. The Labute approximate surface area is 197 Å². The first-order valence-electron chi connectivity index (χ1n) is 11.9. The van der Waals surface area contributed by atoms with Crippen LogP contribution in [0.25, 0.3) is 16.6 Å². The monoisotopic (exact) mass is 455 g/mol. The van der Waals surface area contributed by atoms with Crippen molar-refractivity contribution in [2.75, 3.05) is 26.2 Å². The number of nitrogens with zero attached hydrogens (tertiary/aromatic N) is 5. The van der Waals surface area contributed by atoms with Crippen LogP contribution in [-0.2, 0) is 19.4 Å². The highest BCUT2D eigenvalue weighted by Gasteiger charge is 2.31. The molecule has 34 heavy (non-hydrogen) atoms. The van der Waals surface area contributed by atoms with E-state index in [1.165, 1.54) is 11.6 Å². The number of piperazine rings is 1. The lowest BCUT2D eigenvalue weighted by molar-refractivity contribution is 0.0621. The Morgan fingerprint density at radius 1 is 0.941 bits per heavy atom. The zero-order valence-corrected chi connectivity index (χ0v) is 19.0. The molecule has 1 aliphatic heterocycles. The summed E-state index contributed by atoms with van der Waals surface area (Å²) in [6.45, 7) is 3.71. The van der Waals surface area contributed by atoms with Gasteiger partial charge < -0.3 is 4.90 Å². The zero-order valence-electron chi connectivity index (χ0n) is 19.0. The first kappa shape index (κ1) is 21.0. The lowest BCUT2D eigenvalue weighted by Crippen LogP contribution is -2.48. The van der Waals surface area contributed by atoms with Crippen LogP contribution in [0.4, 0.5) is 4.39 Å². The van der Waals surface area contributed by atoms with Crippen LogP contribution in [0, 0.1) is 5.82 Å². The number of hydrogen-bond donors (Lipinski definition) is 0. The number of hydrogen-bond acceptors (Lipinski definition) is 4. The standard InChI is InChI=1S/C27H26FN5O/c28-22-10-1-2-11-24(22)33-23-12-4-9-21(23)26(30-33)27(34)32-16-14-31(15-17-32)18-20-7-3-6-19-8-5-13-29-25(19)20/h1-3,5-8,10-11,13H,4,9,12,14-18H2. The smallest absolute Gasteiger partial charge is 0.274 e. The van der Waals surface area contributed by atoms with E-state index in [4.69, 9.17) is 0 Å². The van der Waals surface area contributed by atoms with Crippen molar-refractivity contribution < 1.29 is 9.18 Å². The maximum absolute atomic E-state index is 14.5. The van der Waals surface area contributed by atoms with Crippen molar-refractivity contribution in [2.45, 2.75) is 25.8 Å². The lowest BCUT2D eigenvalue weighted by Gasteiger charge is -2.34. The molecule has 4 aromatic rings. The number of amides is 1. The fourth-order valence-corrected chi connectivity index (χ4v) is 5.23. The van der Waals surface area contributed by atoms with Crippen LogP contribution in [0.2, 0.25) is 0 Å². The van der Waals surface area contributed by atoms with E-state index in [2.05, 4.69) is 39.2 Å². The summed E-state index contributed by atoms with van der Waals surface area (Å²) >= 11 is 0. The summed E-state index contributed by atoms with van der Waals surface area (Å²) < 4.78 is 16.1. The van der Waals surface area contributed by atoms with E-state index in [1.54, 1.807) is 22.9 Å². The van der Waals surface area contributed by atoms with Crippen molar-refractivity contribution in [1.82, 2.24) is 24.6 Å². The minimum absolute atomic E-state index is 0.0419. The van der Waals surface area contributed by atoms with Crippen LogP contribution in [0.15, 0.2) is 60.8 Å². The average molecular weight is 456 g/mol. The molecule has 0 bridgehead atoms. The van der Waals surface area contributed by atoms with Crippen molar-refractivity contribution in [3.8, 4) is 5.69 Å². The minimum Gasteiger partial charge on any atom is -0.335 e. The molecule has 6 nitrogen and oxygen atoms in total. The largest absolute Gasteiger partial charge is 0.335 e. The first-order chi connectivity index (χ1) is 16.7. The second-order valence-electron chi connectivity index (χ2n) is 9.05. The number of carbonyl (C=O) groups excluding carboxylic acids is 1. The molecule has 1 amide bonds. The number of halogens is 1. The molecule has 0 radical (unpaired) electrons. The van der Waals surface area contributed by atoms with Gasteiger partial charge in [0.25, 0.3) is 5.91 Å². The molecule has 6 rings (SSSR count). The first-order valence-corrected chi connectivity index (χ1v) is 11.9. The van der Waals surface area contributed by atoms with Gasteiger partial charge in [-0.3, -0.25) is 14.7 Å². The van der Waals surface area contributed by atoms with E-state index < -0.39 is 0 Å². The molecule has 0 unspecified atom stereocenters. The second kappa shape index (κ2) is 8.65. The number of rotatable bonds is 4. The normalized spacial score (nSPS) is 16.2. The van der Waals surface area contributed by atoms with Crippen molar-refractivity contribution in [3.05, 3.63) is 89.1 Å². The average Bonchev–Trinajstić information content (AvgIpc) is 3.48. The Balaban J connectivity index is 1.19. The van der Waals surface area contributed by atoms with Gasteiger partial charge in [-0.15, -0.1) is 0 Å². The Kier molecular flexibility index (Phi) is 5.34. The molecule has 7 heteroatoms. The summed E-state index contributed by atoms with van der Waals surface area (Å²) in [4.78, 5) is 22.3. The van der Waals surface area contributed by atoms with Crippen molar-refractivity contribution in [3.63, 3.8) is 0 Å². The number of carbonyl (C=O) groups is 1. The third kappa shape index (κ3) is 3.66. The zero-order chi connectivity index (χ0) is 23.1. The Morgan fingerprint density at radius 3 is 2.62 bits per heavy atom. The molecule has 0 spiro atoms. The fraction of sp³-hybridized carbons (Fsp3) is 0.296. The molecule has 1 saturated heterocycles. The Morgan fingerprint density at radius 2 is 1.76 bits per heavy atom. The van der Waals surface area contributed by atoms with Crippen LogP contribution in [0.5, 0.6) is 0 Å². The number of benzene rings is 2. The van der Waals surface area contributed by atoms with Gasteiger partial charge in [0.1, 0.15) is 11.5 Å². The van der Waals surface area contributed by atoms with Gasteiger partial charge in [-0.1, -0.05) is 36.4 Å². The number of aromatic nitrogens is 3. The highest BCUT2D eigenvalue weighted by molar-refractivity contribution is 5.94. The van der Waals surface area contributed by atoms with Gasteiger partial charge in [0.2, 0.25) is 0 Å². The predicted molar refractivity (Wildman–Crippen MR) is 128 cm³/mol. The molecule has 0 atom stereocenters. The summed E-state index contributed by atoms with van der Waals surface area (Å²) in [5.41, 5.74) is 5.10. The predicted octanol–water partition coefficient (Wildman–Crippen LogP) is 4.01.